The maximum atomic E-state index is 2.49. The number of nitrogens with zero attached hydrogens (tertiary/aromatic N) is 1. The molecular formula is C42H39NSSi2. The van der Waals surface area contributed by atoms with Gasteiger partial charge in [-0.25, -0.2) is 0 Å². The molecule has 2 aromatic heterocycles. The van der Waals surface area contributed by atoms with Crippen LogP contribution in [0, 0.1) is 0 Å². The van der Waals surface area contributed by atoms with Crippen LogP contribution >= 0.6 is 11.3 Å². The third kappa shape index (κ3) is 4.96. The Kier molecular flexibility index (Phi) is 6.77. The van der Waals surface area contributed by atoms with Crippen molar-refractivity contribution >= 4 is 79.8 Å². The van der Waals surface area contributed by atoms with Crippen molar-refractivity contribution in [2.24, 2.45) is 0 Å². The smallest absolute Gasteiger partial charge is 0.0776 e. The molecule has 0 unspecified atom stereocenters. The summed E-state index contributed by atoms with van der Waals surface area (Å²) in [6, 6.07) is 48.2. The minimum absolute atomic E-state index is 1.21. The van der Waals surface area contributed by atoms with Crippen molar-refractivity contribution in [1.29, 1.82) is 0 Å². The lowest BCUT2D eigenvalue weighted by Crippen LogP contribution is -2.37. The van der Waals surface area contributed by atoms with E-state index >= 15 is 0 Å². The molecule has 8 aromatic rings. The van der Waals surface area contributed by atoms with Gasteiger partial charge in [0, 0.05) is 36.6 Å². The Morgan fingerprint density at radius 1 is 0.413 bits per heavy atom. The molecule has 0 amide bonds. The number of fused-ring (bicyclic) bond motifs is 6. The quantitative estimate of drug-likeness (QED) is 0.164. The molecular weight excluding hydrogens is 607 g/mol. The summed E-state index contributed by atoms with van der Waals surface area (Å²) in [5.74, 6) is 0. The van der Waals surface area contributed by atoms with Crippen LogP contribution in [0.4, 0.5) is 0 Å². The molecule has 8 rings (SSSR count). The Morgan fingerprint density at radius 3 is 1.46 bits per heavy atom. The highest BCUT2D eigenvalue weighted by atomic mass is 32.1. The SMILES string of the molecule is C[Si](C)(C)c1ccc2c(c1)c1cc([Si](C)(C)C)ccc1n2-c1ccc(-c2ccc(-c3ccc4c(c3)sc3ccccc34)cc2)cc1. The van der Waals surface area contributed by atoms with Crippen LogP contribution in [0.25, 0.3) is 69.9 Å². The molecule has 4 heteroatoms. The van der Waals surface area contributed by atoms with Gasteiger partial charge in [0.25, 0.3) is 0 Å². The summed E-state index contributed by atoms with van der Waals surface area (Å²) in [7, 11) is -2.90. The lowest BCUT2D eigenvalue weighted by molar-refractivity contribution is 1.18. The van der Waals surface area contributed by atoms with Crippen molar-refractivity contribution in [2.75, 3.05) is 0 Å². The fourth-order valence-corrected chi connectivity index (χ4v) is 10.3. The van der Waals surface area contributed by atoms with Gasteiger partial charge in [-0.3, -0.25) is 0 Å². The second-order valence-corrected chi connectivity index (χ2v) is 26.0. The molecule has 0 saturated heterocycles. The van der Waals surface area contributed by atoms with Gasteiger partial charge >= 0.3 is 0 Å². The van der Waals surface area contributed by atoms with Crippen molar-refractivity contribution in [2.45, 2.75) is 39.3 Å². The minimum Gasteiger partial charge on any atom is -0.309 e. The number of aromatic nitrogens is 1. The summed E-state index contributed by atoms with van der Waals surface area (Å²) in [6.07, 6.45) is 0. The second kappa shape index (κ2) is 10.7. The Labute approximate surface area is 277 Å². The number of benzene rings is 6. The number of rotatable bonds is 5. The van der Waals surface area contributed by atoms with E-state index in [0.717, 1.165) is 0 Å². The van der Waals surface area contributed by atoms with E-state index < -0.39 is 16.1 Å². The van der Waals surface area contributed by atoms with Gasteiger partial charge in [0.15, 0.2) is 0 Å². The molecule has 0 fully saturated rings. The molecule has 0 atom stereocenters. The highest BCUT2D eigenvalue weighted by molar-refractivity contribution is 7.25. The number of thiophene rings is 1. The third-order valence-corrected chi connectivity index (χ3v) is 14.8. The summed E-state index contributed by atoms with van der Waals surface area (Å²) in [5, 5.41) is 8.48. The van der Waals surface area contributed by atoms with E-state index in [-0.39, 0.29) is 0 Å². The van der Waals surface area contributed by atoms with E-state index in [2.05, 4.69) is 171 Å². The van der Waals surface area contributed by atoms with Crippen molar-refractivity contribution < 1.29 is 0 Å². The fourth-order valence-electron chi connectivity index (χ4n) is 6.80. The molecule has 2 heterocycles. The Balaban J connectivity index is 1.15. The van der Waals surface area contributed by atoms with Crippen LogP contribution in [-0.2, 0) is 0 Å². The van der Waals surface area contributed by atoms with Gasteiger partial charge in [-0.15, -0.1) is 11.3 Å². The zero-order valence-corrected chi connectivity index (χ0v) is 30.3. The van der Waals surface area contributed by atoms with Crippen LogP contribution in [-0.4, -0.2) is 20.7 Å². The maximum absolute atomic E-state index is 2.49. The van der Waals surface area contributed by atoms with Gasteiger partial charge in [0.05, 0.1) is 27.2 Å². The molecule has 0 aliphatic rings. The summed E-state index contributed by atoms with van der Waals surface area (Å²) in [6.45, 7) is 14.6. The molecule has 0 aliphatic carbocycles. The predicted octanol–water partition coefficient (Wildman–Crippen LogP) is 11.6. The van der Waals surface area contributed by atoms with E-state index in [9.17, 15) is 0 Å². The zero-order valence-electron chi connectivity index (χ0n) is 27.5. The second-order valence-electron chi connectivity index (χ2n) is 14.7. The standard InChI is InChI=1S/C42H39NSSi2/c1-45(2,3)33-20-23-39-37(26-33)38-27-34(46(4,5)6)21-24-40(38)43(39)32-18-15-29(16-19-32)28-11-13-30(14-12-28)31-17-22-36-35-9-7-8-10-41(35)44-42(36)25-31/h7-27H,1-6H3. The summed E-state index contributed by atoms with van der Waals surface area (Å²) in [5.41, 5.74) is 8.77. The topological polar surface area (TPSA) is 4.93 Å². The minimum atomic E-state index is -1.45. The first-order valence-electron chi connectivity index (χ1n) is 16.3. The normalized spacial score (nSPS) is 12.6. The van der Waals surface area contributed by atoms with Crippen LogP contribution < -0.4 is 10.4 Å². The van der Waals surface area contributed by atoms with Crippen LogP contribution in [0.1, 0.15) is 0 Å². The van der Waals surface area contributed by atoms with Gasteiger partial charge in [0.2, 0.25) is 0 Å². The third-order valence-electron chi connectivity index (χ3n) is 9.55. The van der Waals surface area contributed by atoms with Crippen molar-refractivity contribution in [3.8, 4) is 27.9 Å². The monoisotopic (exact) mass is 645 g/mol. The van der Waals surface area contributed by atoms with Crippen LogP contribution in [0.5, 0.6) is 0 Å². The Morgan fingerprint density at radius 2 is 0.891 bits per heavy atom. The lowest BCUT2D eigenvalue weighted by atomic mass is 9.99. The van der Waals surface area contributed by atoms with Gasteiger partial charge in [0.1, 0.15) is 0 Å². The lowest BCUT2D eigenvalue weighted by Gasteiger charge is -2.17. The average molecular weight is 646 g/mol. The van der Waals surface area contributed by atoms with Gasteiger partial charge in [-0.2, -0.15) is 0 Å². The summed E-state index contributed by atoms with van der Waals surface area (Å²) >= 11 is 1.88. The van der Waals surface area contributed by atoms with Crippen LogP contribution in [0.2, 0.25) is 39.3 Å². The van der Waals surface area contributed by atoms with E-state index in [1.807, 2.05) is 11.3 Å². The van der Waals surface area contributed by atoms with Crippen molar-refractivity contribution in [3.05, 3.63) is 127 Å². The highest BCUT2D eigenvalue weighted by Gasteiger charge is 2.22. The first-order valence-corrected chi connectivity index (χ1v) is 24.1. The van der Waals surface area contributed by atoms with Crippen molar-refractivity contribution in [1.82, 2.24) is 4.57 Å². The summed E-state index contributed by atoms with van der Waals surface area (Å²) < 4.78 is 5.16. The van der Waals surface area contributed by atoms with Gasteiger partial charge in [-0.05, 0) is 58.7 Å². The molecule has 0 N–H and O–H groups in total. The van der Waals surface area contributed by atoms with E-state index in [4.69, 9.17) is 0 Å². The fraction of sp³-hybridized carbons (Fsp3) is 0.143. The molecule has 226 valence electrons. The Bertz CT molecular complexity index is 2340. The van der Waals surface area contributed by atoms with E-state index in [0.29, 0.717) is 0 Å². The Hall–Kier alpha value is -4.23. The molecule has 0 spiro atoms. The molecule has 0 aliphatic heterocycles. The molecule has 1 nitrogen and oxygen atoms in total. The zero-order chi connectivity index (χ0) is 31.8. The van der Waals surface area contributed by atoms with Gasteiger partial charge in [-0.1, -0.05) is 141 Å². The predicted molar refractivity (Wildman–Crippen MR) is 211 cm³/mol. The maximum Gasteiger partial charge on any atom is 0.0776 e. The van der Waals surface area contributed by atoms with E-state index in [1.165, 1.54) is 80.3 Å². The molecule has 0 radical (unpaired) electrons. The van der Waals surface area contributed by atoms with Crippen LogP contribution in [0.3, 0.4) is 0 Å². The average Bonchev–Trinajstić information content (AvgIpc) is 3.58. The van der Waals surface area contributed by atoms with Gasteiger partial charge < -0.3 is 4.57 Å². The molecule has 0 saturated carbocycles. The molecule has 0 bridgehead atoms. The number of hydrogen-bond donors (Lipinski definition) is 0. The molecule has 46 heavy (non-hydrogen) atoms. The largest absolute Gasteiger partial charge is 0.309 e. The van der Waals surface area contributed by atoms with Crippen LogP contribution in [0.15, 0.2) is 127 Å². The van der Waals surface area contributed by atoms with Crippen molar-refractivity contribution in [3.63, 3.8) is 0 Å². The van der Waals surface area contributed by atoms with E-state index in [1.54, 1.807) is 0 Å². The first kappa shape index (κ1) is 29.2. The molecule has 6 aromatic carbocycles. The highest BCUT2D eigenvalue weighted by Crippen LogP contribution is 2.37. The summed E-state index contributed by atoms with van der Waals surface area (Å²) in [4.78, 5) is 0. The number of hydrogen-bond acceptors (Lipinski definition) is 1. The first-order chi connectivity index (χ1) is 22.0.